The number of nitrogens with zero attached hydrogens (tertiary/aromatic N) is 2. The maximum Gasteiger partial charge on any atom is 0.424 e. The number of aryl methyl sites for hydroxylation is 1. The molecule has 0 bridgehead atoms. The summed E-state index contributed by atoms with van der Waals surface area (Å²) in [6.07, 6.45) is -5.37. The van der Waals surface area contributed by atoms with Crippen molar-refractivity contribution in [1.82, 2.24) is 20.6 Å². The number of nitrogens with one attached hydrogen (secondary N) is 2. The van der Waals surface area contributed by atoms with Gasteiger partial charge in [0.25, 0.3) is 5.91 Å². The number of fused-ring (bicyclic) bond motifs is 2. The number of halogens is 4. The highest BCUT2D eigenvalue weighted by Crippen LogP contribution is 2.48. The van der Waals surface area contributed by atoms with Crippen molar-refractivity contribution in [1.29, 1.82) is 0 Å². The Morgan fingerprint density at radius 2 is 1.78 bits per heavy atom. The minimum atomic E-state index is -5.37. The van der Waals surface area contributed by atoms with Gasteiger partial charge in [0.05, 0.1) is 28.1 Å². The van der Waals surface area contributed by atoms with Crippen LogP contribution in [0, 0.1) is 12.7 Å². The Morgan fingerprint density at radius 1 is 1.07 bits per heavy atom. The van der Waals surface area contributed by atoms with Gasteiger partial charge in [-0.2, -0.15) is 13.2 Å². The molecular weight excluding hydrogens is 630 g/mol. The number of aromatic nitrogens is 2. The summed E-state index contributed by atoms with van der Waals surface area (Å²) < 4.78 is 65.0. The van der Waals surface area contributed by atoms with Crippen LogP contribution < -0.4 is 21.1 Å². The molecule has 46 heavy (non-hydrogen) atoms. The monoisotopic (exact) mass is 661 g/mol. The van der Waals surface area contributed by atoms with Gasteiger partial charge in [0.2, 0.25) is 11.5 Å². The van der Waals surface area contributed by atoms with E-state index in [1.54, 1.807) is 0 Å². The number of hydrogen-bond acceptors (Lipinski definition) is 9. The Hall–Kier alpha value is -4.34. The van der Waals surface area contributed by atoms with Gasteiger partial charge in [0.15, 0.2) is 5.13 Å². The lowest BCUT2D eigenvalue weighted by molar-refractivity contribution is -0.265. The maximum absolute atomic E-state index is 14.8. The van der Waals surface area contributed by atoms with Crippen molar-refractivity contribution in [2.45, 2.75) is 50.5 Å². The van der Waals surface area contributed by atoms with Crippen LogP contribution in [0.3, 0.4) is 0 Å². The van der Waals surface area contributed by atoms with Crippen molar-refractivity contribution in [3.8, 4) is 17.0 Å². The second kappa shape index (κ2) is 11.5. The summed E-state index contributed by atoms with van der Waals surface area (Å²) in [6.45, 7) is 4.02. The molecule has 0 fully saturated rings. The van der Waals surface area contributed by atoms with Crippen LogP contribution in [0.15, 0.2) is 42.5 Å². The van der Waals surface area contributed by atoms with Gasteiger partial charge in [-0.25, -0.2) is 14.4 Å². The molecule has 0 spiro atoms. The molecule has 0 aliphatic carbocycles. The number of rotatable bonds is 8. The number of aliphatic hydroxyl groups is 2. The number of benzene rings is 2. The molecule has 0 unspecified atom stereocenters. The summed E-state index contributed by atoms with van der Waals surface area (Å²) in [5.41, 5.74) is -1.17. The first kappa shape index (κ1) is 33.0. The number of nitrogens with two attached hydrogens (primary N) is 1. The van der Waals surface area contributed by atoms with Crippen molar-refractivity contribution < 1.29 is 42.1 Å². The average Bonchev–Trinajstić information content (AvgIpc) is 3.53. The first-order chi connectivity index (χ1) is 21.3. The largest absolute Gasteiger partial charge is 0.489 e. The van der Waals surface area contributed by atoms with Crippen molar-refractivity contribution in [3.63, 3.8) is 0 Å². The van der Waals surface area contributed by atoms with Gasteiger partial charge < -0.3 is 31.3 Å². The summed E-state index contributed by atoms with van der Waals surface area (Å²) >= 11 is 1.09. The summed E-state index contributed by atoms with van der Waals surface area (Å²) in [4.78, 5) is 34.7. The predicted octanol–water partition coefficient (Wildman–Crippen LogP) is 4.11. The lowest BCUT2D eigenvalue weighted by atomic mass is 9.81. The van der Waals surface area contributed by atoms with Crippen LogP contribution in [0.2, 0.25) is 0 Å². The number of ether oxygens (including phenoxy) is 1. The van der Waals surface area contributed by atoms with Crippen LogP contribution in [-0.4, -0.2) is 63.5 Å². The number of thiazole rings is 1. The van der Waals surface area contributed by atoms with Crippen LogP contribution in [0.25, 0.3) is 21.5 Å². The topological polar surface area (TPSA) is 160 Å². The van der Waals surface area contributed by atoms with Crippen LogP contribution >= 0.6 is 11.3 Å². The summed E-state index contributed by atoms with van der Waals surface area (Å²) in [5.74, 6) is -2.16. The van der Waals surface area contributed by atoms with Gasteiger partial charge in [-0.3, -0.25) is 9.59 Å². The second-order valence-electron chi connectivity index (χ2n) is 12.1. The Labute approximate surface area is 264 Å². The minimum absolute atomic E-state index is 0.00881. The number of nitrogen functional groups attached to an aromatic ring is 1. The Kier molecular flexibility index (Phi) is 8.24. The van der Waals surface area contributed by atoms with Crippen molar-refractivity contribution in [3.05, 3.63) is 70.7 Å². The molecule has 0 saturated carbocycles. The highest BCUT2D eigenvalue weighted by atomic mass is 32.1. The molecule has 2 atom stereocenters. The molecule has 2 aromatic carbocycles. The van der Waals surface area contributed by atoms with Gasteiger partial charge in [0, 0.05) is 23.2 Å². The molecule has 4 aromatic rings. The van der Waals surface area contributed by atoms with Gasteiger partial charge in [-0.15, -0.1) is 0 Å². The van der Waals surface area contributed by atoms with Crippen LogP contribution in [-0.2, 0) is 15.8 Å². The molecule has 6 N–H and O–H groups in total. The fourth-order valence-electron chi connectivity index (χ4n) is 4.99. The summed E-state index contributed by atoms with van der Waals surface area (Å²) in [7, 11) is 0. The summed E-state index contributed by atoms with van der Waals surface area (Å²) in [6, 6.07) is 8.96. The van der Waals surface area contributed by atoms with E-state index in [2.05, 4.69) is 20.6 Å². The Balaban J connectivity index is 1.60. The zero-order valence-electron chi connectivity index (χ0n) is 25.2. The highest BCUT2D eigenvalue weighted by Gasteiger charge is 2.58. The second-order valence-corrected chi connectivity index (χ2v) is 13.2. The van der Waals surface area contributed by atoms with E-state index >= 15 is 0 Å². The number of amides is 2. The number of pyridine rings is 1. The quantitative estimate of drug-likeness (QED) is 0.177. The molecular formula is C31H31F4N5O5S. The third-order valence-electron chi connectivity index (χ3n) is 7.75. The summed E-state index contributed by atoms with van der Waals surface area (Å²) in [5, 5.41) is 26.5. The van der Waals surface area contributed by atoms with Crippen molar-refractivity contribution >= 4 is 38.5 Å². The van der Waals surface area contributed by atoms with E-state index in [1.165, 1.54) is 58.0 Å². The van der Waals surface area contributed by atoms with E-state index in [9.17, 15) is 37.4 Å². The van der Waals surface area contributed by atoms with Crippen LogP contribution in [0.1, 0.15) is 48.0 Å². The number of carbonyl (C=O) groups excluding carboxylic acids is 2. The number of anilines is 1. The Morgan fingerprint density at radius 3 is 2.43 bits per heavy atom. The molecule has 244 valence electrons. The standard InChI is InChI=1S/C31H31F4N5O5S/c1-15-9-16(5-7-19(15)32)23-24-18(29(4,14-45-24)26(42)38-12-28(2,3)43)11-22(40-23)30(44,31(33,34)35)13-37-25(41)17-6-8-20-21(10-17)46-27(36)39-20/h5-11,43-44H,12-14H2,1-4H3,(H2,36,39)(H,37,41)(H,38,42)/t29-,30-/m0/s1. The minimum Gasteiger partial charge on any atom is -0.489 e. The lowest BCUT2D eigenvalue weighted by Gasteiger charge is -2.32. The van der Waals surface area contributed by atoms with Gasteiger partial charge in [-0.1, -0.05) is 11.3 Å². The normalized spacial score (nSPS) is 17.7. The van der Waals surface area contributed by atoms with E-state index in [0.717, 1.165) is 23.5 Å². The third-order valence-corrected chi connectivity index (χ3v) is 8.60. The van der Waals surface area contributed by atoms with E-state index in [0.29, 0.717) is 10.2 Å². The van der Waals surface area contributed by atoms with E-state index in [1.807, 2.05) is 0 Å². The molecule has 0 saturated heterocycles. The van der Waals surface area contributed by atoms with Gasteiger partial charge in [0.1, 0.15) is 29.3 Å². The average molecular weight is 662 g/mol. The van der Waals surface area contributed by atoms with Crippen LogP contribution in [0.4, 0.5) is 22.7 Å². The molecule has 5 rings (SSSR count). The third kappa shape index (κ3) is 6.09. The first-order valence-electron chi connectivity index (χ1n) is 14.0. The Bertz CT molecular complexity index is 1860. The van der Waals surface area contributed by atoms with Crippen molar-refractivity contribution in [2.24, 2.45) is 0 Å². The van der Waals surface area contributed by atoms with E-state index < -0.39 is 52.7 Å². The molecule has 2 aromatic heterocycles. The van der Waals surface area contributed by atoms with Gasteiger partial charge in [-0.05, 0) is 75.7 Å². The molecule has 3 heterocycles. The highest BCUT2D eigenvalue weighted by molar-refractivity contribution is 7.22. The lowest BCUT2D eigenvalue weighted by Crippen LogP contribution is -2.52. The molecule has 10 nitrogen and oxygen atoms in total. The van der Waals surface area contributed by atoms with E-state index in [4.69, 9.17) is 10.5 Å². The van der Waals surface area contributed by atoms with Crippen LogP contribution in [0.5, 0.6) is 5.75 Å². The zero-order valence-corrected chi connectivity index (χ0v) is 26.0. The number of carbonyl (C=O) groups is 2. The molecule has 2 amide bonds. The molecule has 1 aliphatic rings. The maximum atomic E-state index is 14.8. The number of alkyl halides is 3. The molecule has 0 radical (unpaired) electrons. The first-order valence-corrected chi connectivity index (χ1v) is 14.8. The van der Waals surface area contributed by atoms with E-state index in [-0.39, 0.29) is 52.0 Å². The fraction of sp³-hybridized carbons (Fsp3) is 0.355. The smallest absolute Gasteiger partial charge is 0.424 e. The predicted molar refractivity (Wildman–Crippen MR) is 163 cm³/mol. The van der Waals surface area contributed by atoms with Gasteiger partial charge >= 0.3 is 6.18 Å². The SMILES string of the molecule is Cc1cc(-c2nc([C@@](O)(CNC(=O)c3ccc4nc(N)sc4c3)C(F)(F)F)cc3c2OC[C@]3(C)C(=O)NCC(C)(C)O)ccc1F. The number of hydrogen-bond donors (Lipinski definition) is 5. The molecule has 1 aliphatic heterocycles. The fourth-order valence-corrected chi connectivity index (χ4v) is 5.77. The zero-order chi connectivity index (χ0) is 33.8. The molecule has 15 heteroatoms. The van der Waals surface area contributed by atoms with Crippen molar-refractivity contribution in [2.75, 3.05) is 25.4 Å².